The maximum atomic E-state index is 12.9. The van der Waals surface area contributed by atoms with Crippen molar-refractivity contribution in [2.45, 2.75) is 18.9 Å². The summed E-state index contributed by atoms with van der Waals surface area (Å²) in [5.74, 6) is -0.859. The van der Waals surface area contributed by atoms with Gasteiger partial charge < -0.3 is 25.6 Å². The minimum atomic E-state index is -0.765. The van der Waals surface area contributed by atoms with Crippen molar-refractivity contribution in [3.8, 4) is 0 Å². The maximum absolute atomic E-state index is 12.9. The highest BCUT2D eigenvalue weighted by Gasteiger charge is 2.34. The van der Waals surface area contributed by atoms with Gasteiger partial charge in [0.2, 0.25) is 5.91 Å². The van der Waals surface area contributed by atoms with Crippen LogP contribution in [0.3, 0.4) is 0 Å². The normalized spacial score (nSPS) is 14.9. The molecule has 0 bridgehead atoms. The van der Waals surface area contributed by atoms with Gasteiger partial charge in [-0.05, 0) is 49.1 Å². The molecule has 8 nitrogen and oxygen atoms in total. The fourth-order valence-electron chi connectivity index (χ4n) is 3.85. The van der Waals surface area contributed by atoms with Crippen LogP contribution in [0.25, 0.3) is 0 Å². The number of piperidine rings is 1. The van der Waals surface area contributed by atoms with E-state index in [-0.39, 0.29) is 17.9 Å². The van der Waals surface area contributed by atoms with E-state index in [2.05, 4.69) is 16.0 Å². The van der Waals surface area contributed by atoms with Gasteiger partial charge in [-0.15, -0.1) is 0 Å². The monoisotopic (exact) mass is 506 g/mol. The summed E-state index contributed by atoms with van der Waals surface area (Å²) in [6.07, 6.45) is 1.10. The minimum Gasteiger partial charge on any atom is -0.383 e. The molecular formula is C24H28Cl2N4O4. The van der Waals surface area contributed by atoms with Gasteiger partial charge >= 0.3 is 6.03 Å². The Bertz CT molecular complexity index is 1010. The molecule has 1 aliphatic rings. The summed E-state index contributed by atoms with van der Waals surface area (Å²) in [5.41, 5.74) is 0.916. The second-order valence-corrected chi connectivity index (χ2v) is 8.82. The number of methoxy groups -OCH3 is 1. The molecule has 0 aliphatic carbocycles. The topological polar surface area (TPSA) is 99.8 Å². The lowest BCUT2D eigenvalue weighted by atomic mass is 9.88. The molecule has 0 unspecified atom stereocenters. The Balaban J connectivity index is 1.64. The molecule has 34 heavy (non-hydrogen) atoms. The van der Waals surface area contributed by atoms with Gasteiger partial charge in [-0.3, -0.25) is 9.59 Å². The first-order valence-corrected chi connectivity index (χ1v) is 11.8. The smallest absolute Gasteiger partial charge is 0.321 e. The summed E-state index contributed by atoms with van der Waals surface area (Å²) in [6, 6.07) is 12.6. The molecule has 3 rings (SSSR count). The first-order chi connectivity index (χ1) is 16.4. The van der Waals surface area contributed by atoms with Crippen molar-refractivity contribution in [2.75, 3.05) is 38.7 Å². The zero-order chi connectivity index (χ0) is 24.5. The van der Waals surface area contributed by atoms with Crippen LogP contribution in [0.2, 0.25) is 10.0 Å². The standard InChI is InChI=1S/C24H28Cl2N4O4/c1-34-14-11-27-23(32)21(29-22(31)19-7-2-3-8-20(19)26)16-9-12-30(13-10-16)24(33)28-18-6-4-5-17(25)15-18/h2-8,15-16,21H,9-14H2,1H3,(H,27,32)(H,28,33)(H,29,31)/t21-/m1/s1. The molecule has 1 atom stereocenters. The van der Waals surface area contributed by atoms with Crippen LogP contribution in [-0.4, -0.2) is 62.1 Å². The number of nitrogens with one attached hydrogen (secondary N) is 3. The van der Waals surface area contributed by atoms with Crippen LogP contribution >= 0.6 is 23.2 Å². The Morgan fingerprint density at radius 3 is 2.50 bits per heavy atom. The summed E-state index contributed by atoms with van der Waals surface area (Å²) in [4.78, 5) is 40.2. The van der Waals surface area contributed by atoms with Gasteiger partial charge in [0.1, 0.15) is 6.04 Å². The van der Waals surface area contributed by atoms with Crippen molar-refractivity contribution in [1.82, 2.24) is 15.5 Å². The highest BCUT2D eigenvalue weighted by Crippen LogP contribution is 2.24. The third-order valence-electron chi connectivity index (χ3n) is 5.67. The fourth-order valence-corrected chi connectivity index (χ4v) is 4.26. The molecule has 1 fully saturated rings. The van der Waals surface area contributed by atoms with E-state index in [4.69, 9.17) is 27.9 Å². The molecular weight excluding hydrogens is 479 g/mol. The second kappa shape index (κ2) is 12.6. The van der Waals surface area contributed by atoms with E-state index in [1.807, 2.05) is 0 Å². The van der Waals surface area contributed by atoms with Crippen molar-refractivity contribution in [3.63, 3.8) is 0 Å². The predicted molar refractivity (Wildman–Crippen MR) is 132 cm³/mol. The number of amides is 4. The van der Waals surface area contributed by atoms with Gasteiger partial charge in [-0.2, -0.15) is 0 Å². The van der Waals surface area contributed by atoms with Crippen LogP contribution in [0.4, 0.5) is 10.5 Å². The summed E-state index contributed by atoms with van der Waals surface area (Å²) < 4.78 is 5.00. The molecule has 0 saturated carbocycles. The summed E-state index contributed by atoms with van der Waals surface area (Å²) in [6.45, 7) is 1.58. The van der Waals surface area contributed by atoms with Crippen molar-refractivity contribution < 1.29 is 19.1 Å². The first kappa shape index (κ1) is 25.8. The zero-order valence-corrected chi connectivity index (χ0v) is 20.4. The van der Waals surface area contributed by atoms with E-state index in [9.17, 15) is 14.4 Å². The molecule has 1 heterocycles. The van der Waals surface area contributed by atoms with E-state index in [1.54, 1.807) is 60.5 Å². The molecule has 2 aromatic carbocycles. The lowest BCUT2D eigenvalue weighted by Crippen LogP contribution is -2.54. The number of carbonyl (C=O) groups is 3. The SMILES string of the molecule is COCCNC(=O)[C@H](NC(=O)c1ccccc1Cl)C1CCN(C(=O)Nc2cccc(Cl)c2)CC1. The number of halogens is 2. The summed E-state index contributed by atoms with van der Waals surface area (Å²) in [7, 11) is 1.55. The third kappa shape index (κ3) is 7.09. The summed E-state index contributed by atoms with van der Waals surface area (Å²) >= 11 is 12.1. The second-order valence-electron chi connectivity index (χ2n) is 7.98. The number of nitrogens with zero attached hydrogens (tertiary/aromatic N) is 1. The van der Waals surface area contributed by atoms with Gasteiger partial charge in [0.25, 0.3) is 5.91 Å². The molecule has 2 aromatic rings. The Hall–Kier alpha value is -2.81. The number of rotatable bonds is 8. The number of hydrogen-bond donors (Lipinski definition) is 3. The van der Waals surface area contributed by atoms with Crippen molar-refractivity contribution in [2.24, 2.45) is 5.92 Å². The van der Waals surface area contributed by atoms with E-state index in [0.29, 0.717) is 60.4 Å². The lowest BCUT2D eigenvalue weighted by molar-refractivity contribution is -0.124. The van der Waals surface area contributed by atoms with Gasteiger partial charge in [0, 0.05) is 37.5 Å². The number of benzene rings is 2. The van der Waals surface area contributed by atoms with Crippen molar-refractivity contribution in [1.29, 1.82) is 0 Å². The number of hydrogen-bond acceptors (Lipinski definition) is 4. The lowest BCUT2D eigenvalue weighted by Gasteiger charge is -2.35. The molecule has 1 saturated heterocycles. The number of anilines is 1. The van der Waals surface area contributed by atoms with E-state index >= 15 is 0 Å². The molecule has 0 radical (unpaired) electrons. The van der Waals surface area contributed by atoms with E-state index in [0.717, 1.165) is 0 Å². The van der Waals surface area contributed by atoms with Gasteiger partial charge in [-0.25, -0.2) is 4.79 Å². The number of likely N-dealkylation sites (tertiary alicyclic amines) is 1. The van der Waals surface area contributed by atoms with Crippen molar-refractivity contribution in [3.05, 3.63) is 64.1 Å². The molecule has 182 valence electrons. The largest absolute Gasteiger partial charge is 0.383 e. The Morgan fingerprint density at radius 2 is 1.82 bits per heavy atom. The fraction of sp³-hybridized carbons (Fsp3) is 0.375. The van der Waals surface area contributed by atoms with Gasteiger partial charge in [-0.1, -0.05) is 41.4 Å². The zero-order valence-electron chi connectivity index (χ0n) is 18.9. The Kier molecular flexibility index (Phi) is 9.56. The maximum Gasteiger partial charge on any atom is 0.321 e. The number of ether oxygens (including phenoxy) is 1. The Morgan fingerprint density at radius 1 is 1.09 bits per heavy atom. The van der Waals surface area contributed by atoms with Crippen LogP contribution in [-0.2, 0) is 9.53 Å². The third-order valence-corrected chi connectivity index (χ3v) is 6.23. The molecule has 0 aromatic heterocycles. The van der Waals surface area contributed by atoms with Crippen LogP contribution in [0.1, 0.15) is 23.2 Å². The Labute approximate surface area is 208 Å². The average molecular weight is 507 g/mol. The van der Waals surface area contributed by atoms with Gasteiger partial charge in [0.15, 0.2) is 0 Å². The molecule has 3 N–H and O–H groups in total. The van der Waals surface area contributed by atoms with E-state index in [1.165, 1.54) is 0 Å². The average Bonchev–Trinajstić information content (AvgIpc) is 2.83. The highest BCUT2D eigenvalue weighted by molar-refractivity contribution is 6.33. The van der Waals surface area contributed by atoms with Crippen LogP contribution < -0.4 is 16.0 Å². The van der Waals surface area contributed by atoms with E-state index < -0.39 is 11.9 Å². The minimum absolute atomic E-state index is 0.149. The molecule has 10 heteroatoms. The predicted octanol–water partition coefficient (Wildman–Crippen LogP) is 3.80. The highest BCUT2D eigenvalue weighted by atomic mass is 35.5. The number of urea groups is 1. The molecule has 4 amide bonds. The van der Waals surface area contributed by atoms with Crippen LogP contribution in [0, 0.1) is 5.92 Å². The van der Waals surface area contributed by atoms with Crippen molar-refractivity contribution >= 4 is 46.7 Å². The summed E-state index contributed by atoms with van der Waals surface area (Å²) in [5, 5.41) is 9.34. The van der Waals surface area contributed by atoms with Crippen LogP contribution in [0.15, 0.2) is 48.5 Å². The quantitative estimate of drug-likeness (QED) is 0.474. The first-order valence-electron chi connectivity index (χ1n) is 11.0. The van der Waals surface area contributed by atoms with Gasteiger partial charge in [0.05, 0.1) is 17.2 Å². The molecule has 1 aliphatic heterocycles. The molecule has 0 spiro atoms. The van der Waals surface area contributed by atoms with Crippen LogP contribution in [0.5, 0.6) is 0 Å². The number of carbonyl (C=O) groups excluding carboxylic acids is 3.